The van der Waals surface area contributed by atoms with Gasteiger partial charge in [-0.3, -0.25) is 15.6 Å². The van der Waals surface area contributed by atoms with E-state index in [0.717, 1.165) is 11.8 Å². The Kier molecular flexibility index (Phi) is 4.78. The summed E-state index contributed by atoms with van der Waals surface area (Å²) in [6, 6.07) is 11.6. The number of hydrogen-bond acceptors (Lipinski definition) is 3. The standard InChI is InChI=1S/C16H16F3N3O/c1-22(2)12-9-7-11(8-10-12)15(23)21-20-14-6-4-3-5-13(14)16(17,18)19/h3-10,20H,1-2H3,(H,21,23). The molecule has 0 saturated carbocycles. The van der Waals surface area contributed by atoms with Gasteiger partial charge >= 0.3 is 6.18 Å². The minimum absolute atomic E-state index is 0.210. The number of amides is 1. The van der Waals surface area contributed by atoms with Crippen LogP contribution in [-0.4, -0.2) is 20.0 Å². The smallest absolute Gasteiger partial charge is 0.378 e. The Morgan fingerprint density at radius 3 is 2.17 bits per heavy atom. The lowest BCUT2D eigenvalue weighted by molar-refractivity contribution is -0.137. The summed E-state index contributed by atoms with van der Waals surface area (Å²) in [5.41, 5.74) is 4.80. The molecule has 2 aromatic carbocycles. The number of nitrogens with zero attached hydrogens (tertiary/aromatic N) is 1. The Balaban J connectivity index is 2.08. The minimum Gasteiger partial charge on any atom is -0.378 e. The van der Waals surface area contributed by atoms with Crippen LogP contribution in [0.2, 0.25) is 0 Å². The quantitative estimate of drug-likeness (QED) is 0.846. The van der Waals surface area contributed by atoms with Gasteiger partial charge in [-0.15, -0.1) is 0 Å². The summed E-state index contributed by atoms with van der Waals surface area (Å²) in [6.45, 7) is 0. The zero-order valence-electron chi connectivity index (χ0n) is 12.6. The molecule has 0 aliphatic heterocycles. The molecule has 0 spiro atoms. The first kappa shape index (κ1) is 16.7. The van der Waals surface area contributed by atoms with Crippen LogP contribution in [0.3, 0.4) is 0 Å². The molecule has 0 atom stereocenters. The van der Waals surface area contributed by atoms with E-state index in [9.17, 15) is 18.0 Å². The Morgan fingerprint density at radius 2 is 1.61 bits per heavy atom. The van der Waals surface area contributed by atoms with Crippen molar-refractivity contribution >= 4 is 17.3 Å². The van der Waals surface area contributed by atoms with E-state index in [1.165, 1.54) is 18.2 Å². The number of benzene rings is 2. The average Bonchev–Trinajstić information content (AvgIpc) is 2.52. The first-order valence-electron chi connectivity index (χ1n) is 6.79. The van der Waals surface area contributed by atoms with Crippen LogP contribution in [0.5, 0.6) is 0 Å². The number of anilines is 2. The summed E-state index contributed by atoms with van der Waals surface area (Å²) in [5, 5.41) is 0. The number of hydrogen-bond donors (Lipinski definition) is 2. The summed E-state index contributed by atoms with van der Waals surface area (Å²) in [5.74, 6) is -0.521. The second-order valence-corrected chi connectivity index (χ2v) is 5.06. The van der Waals surface area contributed by atoms with Crippen molar-refractivity contribution < 1.29 is 18.0 Å². The van der Waals surface area contributed by atoms with Gasteiger partial charge in [0.25, 0.3) is 5.91 Å². The third kappa shape index (κ3) is 4.15. The Hall–Kier alpha value is -2.70. The zero-order chi connectivity index (χ0) is 17.0. The molecular formula is C16H16F3N3O. The van der Waals surface area contributed by atoms with Gasteiger partial charge < -0.3 is 4.90 Å². The second-order valence-electron chi connectivity index (χ2n) is 5.06. The van der Waals surface area contributed by atoms with E-state index in [0.29, 0.717) is 5.56 Å². The lowest BCUT2D eigenvalue weighted by Crippen LogP contribution is -2.30. The van der Waals surface area contributed by atoms with E-state index in [-0.39, 0.29) is 5.69 Å². The molecule has 0 heterocycles. The number of hydrazine groups is 1. The van der Waals surface area contributed by atoms with Crippen molar-refractivity contribution in [2.24, 2.45) is 0 Å². The van der Waals surface area contributed by atoms with Gasteiger partial charge in [-0.2, -0.15) is 13.2 Å². The summed E-state index contributed by atoms with van der Waals surface area (Å²) in [4.78, 5) is 13.9. The Bertz CT molecular complexity index is 682. The maximum absolute atomic E-state index is 12.9. The van der Waals surface area contributed by atoms with E-state index in [1.54, 1.807) is 24.3 Å². The van der Waals surface area contributed by atoms with Crippen molar-refractivity contribution in [2.75, 3.05) is 24.4 Å². The molecule has 0 radical (unpaired) electrons. The molecule has 122 valence electrons. The Morgan fingerprint density at radius 1 is 1.00 bits per heavy atom. The van der Waals surface area contributed by atoms with Crippen LogP contribution in [0.15, 0.2) is 48.5 Å². The Labute approximate surface area is 131 Å². The maximum Gasteiger partial charge on any atom is 0.418 e. The van der Waals surface area contributed by atoms with E-state index in [4.69, 9.17) is 0 Å². The van der Waals surface area contributed by atoms with Gasteiger partial charge in [0.05, 0.1) is 11.3 Å². The number of carbonyl (C=O) groups excluding carboxylic acids is 1. The molecule has 0 bridgehead atoms. The summed E-state index contributed by atoms with van der Waals surface area (Å²) in [7, 11) is 3.73. The molecule has 2 aromatic rings. The predicted molar refractivity (Wildman–Crippen MR) is 83.3 cm³/mol. The van der Waals surface area contributed by atoms with E-state index in [1.807, 2.05) is 19.0 Å². The number of carbonyl (C=O) groups is 1. The molecule has 2 N–H and O–H groups in total. The zero-order valence-corrected chi connectivity index (χ0v) is 12.6. The fraction of sp³-hybridized carbons (Fsp3) is 0.188. The number of nitrogens with one attached hydrogen (secondary N) is 2. The van der Waals surface area contributed by atoms with Crippen LogP contribution in [0.25, 0.3) is 0 Å². The number of alkyl halides is 3. The normalized spacial score (nSPS) is 11.0. The van der Waals surface area contributed by atoms with Gasteiger partial charge in [0.15, 0.2) is 0 Å². The first-order valence-corrected chi connectivity index (χ1v) is 6.79. The third-order valence-corrected chi connectivity index (χ3v) is 3.19. The molecule has 0 unspecified atom stereocenters. The van der Waals surface area contributed by atoms with Gasteiger partial charge in [0, 0.05) is 25.3 Å². The minimum atomic E-state index is -4.50. The van der Waals surface area contributed by atoms with Gasteiger partial charge in [-0.05, 0) is 36.4 Å². The van der Waals surface area contributed by atoms with Crippen LogP contribution < -0.4 is 15.8 Å². The highest BCUT2D eigenvalue weighted by Gasteiger charge is 2.33. The fourth-order valence-electron chi connectivity index (χ4n) is 1.95. The lowest BCUT2D eigenvalue weighted by atomic mass is 10.1. The van der Waals surface area contributed by atoms with Crippen molar-refractivity contribution in [3.05, 3.63) is 59.7 Å². The highest BCUT2D eigenvalue weighted by molar-refractivity contribution is 5.95. The predicted octanol–water partition coefficient (Wildman–Crippen LogP) is 3.53. The van der Waals surface area contributed by atoms with Crippen molar-refractivity contribution in [2.45, 2.75) is 6.18 Å². The molecule has 0 aliphatic carbocycles. The molecule has 0 aromatic heterocycles. The van der Waals surface area contributed by atoms with E-state index < -0.39 is 17.6 Å². The van der Waals surface area contributed by atoms with Crippen LogP contribution in [0, 0.1) is 0 Å². The fourth-order valence-corrected chi connectivity index (χ4v) is 1.95. The van der Waals surface area contributed by atoms with Crippen molar-refractivity contribution in [1.82, 2.24) is 5.43 Å². The first-order chi connectivity index (χ1) is 10.8. The van der Waals surface area contributed by atoms with Crippen LogP contribution in [0.4, 0.5) is 24.5 Å². The summed E-state index contributed by atoms with van der Waals surface area (Å²) in [6.07, 6.45) is -4.50. The van der Waals surface area contributed by atoms with E-state index in [2.05, 4.69) is 10.9 Å². The maximum atomic E-state index is 12.9. The molecule has 0 saturated heterocycles. The highest BCUT2D eigenvalue weighted by atomic mass is 19.4. The van der Waals surface area contributed by atoms with Crippen LogP contribution in [0.1, 0.15) is 15.9 Å². The molecule has 0 fully saturated rings. The molecule has 4 nitrogen and oxygen atoms in total. The van der Waals surface area contributed by atoms with Gasteiger partial charge in [-0.1, -0.05) is 12.1 Å². The topological polar surface area (TPSA) is 44.4 Å². The van der Waals surface area contributed by atoms with E-state index >= 15 is 0 Å². The summed E-state index contributed by atoms with van der Waals surface area (Å²) >= 11 is 0. The largest absolute Gasteiger partial charge is 0.418 e. The number of para-hydroxylation sites is 1. The summed E-state index contributed by atoms with van der Waals surface area (Å²) < 4.78 is 38.6. The third-order valence-electron chi connectivity index (χ3n) is 3.19. The van der Waals surface area contributed by atoms with Crippen LogP contribution in [-0.2, 0) is 6.18 Å². The molecule has 2 rings (SSSR count). The lowest BCUT2D eigenvalue weighted by Gasteiger charge is -2.15. The second kappa shape index (κ2) is 6.60. The number of halogens is 3. The number of rotatable bonds is 4. The van der Waals surface area contributed by atoms with Gasteiger partial charge in [0.2, 0.25) is 0 Å². The highest BCUT2D eigenvalue weighted by Crippen LogP contribution is 2.34. The van der Waals surface area contributed by atoms with Gasteiger partial charge in [0.1, 0.15) is 0 Å². The molecule has 7 heteroatoms. The molecule has 1 amide bonds. The molecular weight excluding hydrogens is 307 g/mol. The molecule has 0 aliphatic rings. The van der Waals surface area contributed by atoms with Gasteiger partial charge in [-0.25, -0.2) is 0 Å². The average molecular weight is 323 g/mol. The molecule has 23 heavy (non-hydrogen) atoms. The van der Waals surface area contributed by atoms with Crippen molar-refractivity contribution in [3.63, 3.8) is 0 Å². The van der Waals surface area contributed by atoms with Crippen LogP contribution >= 0.6 is 0 Å². The van der Waals surface area contributed by atoms with Crippen molar-refractivity contribution in [1.29, 1.82) is 0 Å². The monoisotopic (exact) mass is 323 g/mol. The van der Waals surface area contributed by atoms with Crippen molar-refractivity contribution in [3.8, 4) is 0 Å². The SMILES string of the molecule is CN(C)c1ccc(C(=O)NNc2ccccc2C(F)(F)F)cc1.